The lowest BCUT2D eigenvalue weighted by atomic mass is 10.0. The predicted octanol–water partition coefficient (Wildman–Crippen LogP) is 3.41. The van der Waals surface area contributed by atoms with Crippen molar-refractivity contribution in [1.29, 1.82) is 0 Å². The second-order valence-electron chi connectivity index (χ2n) is 4.75. The molecule has 2 aromatic carbocycles. The summed E-state index contributed by atoms with van der Waals surface area (Å²) in [5, 5.41) is 17.4. The topological polar surface area (TPSA) is 68.0 Å². The molecule has 0 fully saturated rings. The zero-order valence-electron chi connectivity index (χ0n) is 11.8. The Balaban J connectivity index is 2.18. The fourth-order valence-electron chi connectivity index (χ4n) is 2.26. The van der Waals surface area contributed by atoms with E-state index in [2.05, 4.69) is 26.1 Å². The number of halogens is 2. The van der Waals surface area contributed by atoms with Crippen LogP contribution in [-0.2, 0) is 6.61 Å². The smallest absolute Gasteiger partial charge is 0.196 e. The van der Waals surface area contributed by atoms with Crippen molar-refractivity contribution in [1.82, 2.24) is 14.8 Å². The number of carbonyl (C=O) groups is 1. The normalized spacial score (nSPS) is 10.7. The van der Waals surface area contributed by atoms with Gasteiger partial charge in [0.25, 0.3) is 0 Å². The molecule has 1 N–H and O–H groups in total. The molecular formula is C16H11BrClN3O2. The highest BCUT2D eigenvalue weighted by molar-refractivity contribution is 9.10. The van der Waals surface area contributed by atoms with Gasteiger partial charge in [0.15, 0.2) is 11.6 Å². The Labute approximate surface area is 145 Å². The van der Waals surface area contributed by atoms with Gasteiger partial charge in [-0.05, 0) is 30.3 Å². The van der Waals surface area contributed by atoms with Crippen molar-refractivity contribution >= 4 is 33.3 Å². The Bertz CT molecular complexity index is 879. The van der Waals surface area contributed by atoms with Crippen molar-refractivity contribution in [3.63, 3.8) is 0 Å². The number of hydrogen-bond acceptors (Lipinski definition) is 4. The molecule has 23 heavy (non-hydrogen) atoms. The van der Waals surface area contributed by atoms with Crippen LogP contribution in [0, 0.1) is 0 Å². The largest absolute Gasteiger partial charge is 0.388 e. The number of aromatic nitrogens is 3. The van der Waals surface area contributed by atoms with Crippen LogP contribution < -0.4 is 0 Å². The third kappa shape index (κ3) is 3.06. The van der Waals surface area contributed by atoms with Gasteiger partial charge in [-0.1, -0.05) is 39.7 Å². The molecule has 5 nitrogen and oxygen atoms in total. The summed E-state index contributed by atoms with van der Waals surface area (Å²) in [5.74, 6) is 0.130. The van der Waals surface area contributed by atoms with E-state index < -0.39 is 0 Å². The maximum Gasteiger partial charge on any atom is 0.196 e. The number of aliphatic hydroxyl groups excluding tert-OH is 1. The molecule has 0 bridgehead atoms. The van der Waals surface area contributed by atoms with E-state index in [9.17, 15) is 9.90 Å². The molecule has 7 heteroatoms. The van der Waals surface area contributed by atoms with Crippen molar-refractivity contribution in [2.24, 2.45) is 0 Å². The molecule has 0 atom stereocenters. The number of nitrogens with zero attached hydrogens (tertiary/aromatic N) is 3. The van der Waals surface area contributed by atoms with Crippen LogP contribution in [0.2, 0.25) is 5.02 Å². The van der Waals surface area contributed by atoms with E-state index in [-0.39, 0.29) is 12.4 Å². The summed E-state index contributed by atoms with van der Waals surface area (Å²) >= 11 is 9.52. The van der Waals surface area contributed by atoms with E-state index in [0.717, 1.165) is 4.47 Å². The highest BCUT2D eigenvalue weighted by atomic mass is 79.9. The maximum atomic E-state index is 12.9. The Kier molecular flexibility index (Phi) is 4.56. The van der Waals surface area contributed by atoms with Crippen molar-refractivity contribution < 1.29 is 9.90 Å². The highest BCUT2D eigenvalue weighted by Crippen LogP contribution is 2.26. The standard InChI is InChI=1S/C16H11BrClN3O2/c17-10-5-6-14(21-9-19-20-15(21)8-22)12(7-10)16(23)11-3-1-2-4-13(11)18/h1-7,9,22H,8H2. The number of aliphatic hydroxyl groups is 1. The molecule has 0 saturated heterocycles. The molecule has 0 amide bonds. The lowest BCUT2D eigenvalue weighted by Gasteiger charge is -2.12. The molecule has 1 heterocycles. The minimum absolute atomic E-state index is 0.218. The van der Waals surface area contributed by atoms with Gasteiger partial charge in [-0.3, -0.25) is 9.36 Å². The zero-order chi connectivity index (χ0) is 16.4. The second kappa shape index (κ2) is 6.62. The Hall–Kier alpha value is -2.02. The quantitative estimate of drug-likeness (QED) is 0.691. The predicted molar refractivity (Wildman–Crippen MR) is 89.9 cm³/mol. The van der Waals surface area contributed by atoms with E-state index in [0.29, 0.717) is 27.7 Å². The van der Waals surface area contributed by atoms with E-state index in [1.807, 2.05) is 0 Å². The van der Waals surface area contributed by atoms with Crippen molar-refractivity contribution in [3.8, 4) is 5.69 Å². The first-order valence-electron chi connectivity index (χ1n) is 6.70. The monoisotopic (exact) mass is 391 g/mol. The van der Waals surface area contributed by atoms with Crippen molar-refractivity contribution in [2.75, 3.05) is 0 Å². The lowest BCUT2D eigenvalue weighted by Crippen LogP contribution is -2.10. The Morgan fingerprint density at radius 2 is 2.00 bits per heavy atom. The Morgan fingerprint density at radius 1 is 1.22 bits per heavy atom. The van der Waals surface area contributed by atoms with Crippen molar-refractivity contribution in [3.05, 3.63) is 75.2 Å². The first-order chi connectivity index (χ1) is 11.1. The summed E-state index contributed by atoms with van der Waals surface area (Å²) in [6.07, 6.45) is 1.46. The van der Waals surface area contributed by atoms with Crippen LogP contribution in [0.3, 0.4) is 0 Å². The summed E-state index contributed by atoms with van der Waals surface area (Å²) < 4.78 is 2.34. The highest BCUT2D eigenvalue weighted by Gasteiger charge is 2.19. The van der Waals surface area contributed by atoms with Gasteiger partial charge in [-0.25, -0.2) is 0 Å². The van der Waals surface area contributed by atoms with E-state index in [1.165, 1.54) is 6.33 Å². The van der Waals surface area contributed by atoms with Crippen LogP contribution in [-0.4, -0.2) is 25.7 Å². The molecule has 0 aliphatic carbocycles. The van der Waals surface area contributed by atoms with Crippen LogP contribution in [0.15, 0.2) is 53.3 Å². The minimum atomic E-state index is -0.282. The SMILES string of the molecule is O=C(c1ccccc1Cl)c1cc(Br)ccc1-n1cnnc1CO. The minimum Gasteiger partial charge on any atom is -0.388 e. The van der Waals surface area contributed by atoms with Gasteiger partial charge in [0.2, 0.25) is 0 Å². The number of rotatable bonds is 4. The van der Waals surface area contributed by atoms with Crippen LogP contribution in [0.1, 0.15) is 21.7 Å². The second-order valence-corrected chi connectivity index (χ2v) is 6.07. The molecule has 3 rings (SSSR count). The van der Waals surface area contributed by atoms with E-state index >= 15 is 0 Å². The molecule has 0 spiro atoms. The van der Waals surface area contributed by atoms with Gasteiger partial charge in [-0.15, -0.1) is 10.2 Å². The Morgan fingerprint density at radius 3 is 2.74 bits per heavy atom. The molecule has 0 aliphatic rings. The first kappa shape index (κ1) is 15.9. The number of benzene rings is 2. The summed E-state index contributed by atoms with van der Waals surface area (Å²) in [6, 6.07) is 12.1. The lowest BCUT2D eigenvalue weighted by molar-refractivity contribution is 0.103. The zero-order valence-corrected chi connectivity index (χ0v) is 14.1. The van der Waals surface area contributed by atoms with Crippen molar-refractivity contribution in [2.45, 2.75) is 6.61 Å². The molecule has 0 saturated carbocycles. The molecular weight excluding hydrogens is 382 g/mol. The first-order valence-corrected chi connectivity index (χ1v) is 7.88. The van der Waals surface area contributed by atoms with Gasteiger partial charge < -0.3 is 5.11 Å². The maximum absolute atomic E-state index is 12.9. The number of carbonyl (C=O) groups excluding carboxylic acids is 1. The molecule has 3 aromatic rings. The molecule has 1 aromatic heterocycles. The average Bonchev–Trinajstić information content (AvgIpc) is 3.03. The molecule has 116 valence electrons. The number of hydrogen-bond donors (Lipinski definition) is 1. The summed E-state index contributed by atoms with van der Waals surface area (Å²) in [6.45, 7) is -0.282. The fourth-order valence-corrected chi connectivity index (χ4v) is 2.84. The van der Waals surface area contributed by atoms with Crippen LogP contribution in [0.25, 0.3) is 5.69 Å². The number of ketones is 1. The van der Waals surface area contributed by atoms with E-state index in [1.54, 1.807) is 47.0 Å². The van der Waals surface area contributed by atoms with Gasteiger partial charge in [0.1, 0.15) is 12.9 Å². The van der Waals surface area contributed by atoms with Gasteiger partial charge in [-0.2, -0.15) is 0 Å². The summed E-state index contributed by atoms with van der Waals surface area (Å²) in [7, 11) is 0. The van der Waals surface area contributed by atoms with Crippen LogP contribution >= 0.6 is 27.5 Å². The van der Waals surface area contributed by atoms with Gasteiger partial charge in [0.05, 0.1) is 10.7 Å². The molecule has 0 aliphatic heterocycles. The summed E-state index contributed by atoms with van der Waals surface area (Å²) in [4.78, 5) is 12.9. The van der Waals surface area contributed by atoms with Gasteiger partial charge in [0, 0.05) is 15.6 Å². The molecule has 0 unspecified atom stereocenters. The van der Waals surface area contributed by atoms with Crippen LogP contribution in [0.5, 0.6) is 0 Å². The van der Waals surface area contributed by atoms with Crippen LogP contribution in [0.4, 0.5) is 0 Å². The van der Waals surface area contributed by atoms with Gasteiger partial charge >= 0.3 is 0 Å². The average molecular weight is 393 g/mol. The summed E-state index contributed by atoms with van der Waals surface area (Å²) in [5.41, 5.74) is 1.42. The van der Waals surface area contributed by atoms with E-state index in [4.69, 9.17) is 11.6 Å². The molecule has 0 radical (unpaired) electrons. The third-order valence-corrected chi connectivity index (χ3v) is 4.16. The fraction of sp³-hybridized carbons (Fsp3) is 0.0625. The third-order valence-electron chi connectivity index (χ3n) is 3.34.